The predicted octanol–water partition coefficient (Wildman–Crippen LogP) is 1.86. The molecule has 0 unspecified atom stereocenters. The van der Waals surface area contributed by atoms with Gasteiger partial charge in [-0.05, 0) is 28.7 Å². The van der Waals surface area contributed by atoms with Gasteiger partial charge in [-0.2, -0.15) is 5.26 Å². The van der Waals surface area contributed by atoms with Crippen LogP contribution in [0, 0.1) is 25.0 Å². The third-order valence-electron chi connectivity index (χ3n) is 1.81. The Morgan fingerprint density at radius 2 is 2.25 bits per heavy atom. The molecule has 0 heterocycles. The van der Waals surface area contributed by atoms with E-state index in [-0.39, 0.29) is 16.8 Å². The summed E-state index contributed by atoms with van der Waals surface area (Å²) in [6.45, 7) is 0. The Balaban J connectivity index is 3.44. The molecule has 0 atom stereocenters. The molecule has 7 heteroatoms. The Hall–Kier alpha value is -1.69. The zero-order valence-corrected chi connectivity index (χ0v) is 10.2. The van der Waals surface area contributed by atoms with Gasteiger partial charge in [0.2, 0.25) is 0 Å². The Morgan fingerprint density at radius 3 is 2.69 bits per heavy atom. The lowest BCUT2D eigenvalue weighted by Crippen LogP contribution is -2.06. The summed E-state index contributed by atoms with van der Waals surface area (Å²) in [6.07, 6.45) is 0. The summed E-state index contributed by atoms with van der Waals surface area (Å²) in [4.78, 5) is 21.2. The number of nitrogens with zero attached hydrogens (tertiary/aromatic N) is 2. The largest absolute Gasteiger partial charge is 0.465 e. The summed E-state index contributed by atoms with van der Waals surface area (Å²) in [5.74, 6) is -0.629. The van der Waals surface area contributed by atoms with Crippen LogP contribution in [-0.2, 0) is 4.74 Å². The zero-order chi connectivity index (χ0) is 12.3. The summed E-state index contributed by atoms with van der Waals surface area (Å²) < 4.78 is 4.86. The number of nitro benzene ring substituents is 1. The first kappa shape index (κ1) is 12.4. The van der Waals surface area contributed by atoms with Crippen LogP contribution in [0.3, 0.4) is 0 Å². The van der Waals surface area contributed by atoms with E-state index in [0.717, 1.165) is 6.07 Å². The molecule has 0 amide bonds. The van der Waals surface area contributed by atoms with Crippen LogP contribution in [0.15, 0.2) is 12.1 Å². The number of nitriles is 1. The van der Waals surface area contributed by atoms with E-state index in [1.54, 1.807) is 28.7 Å². The molecule has 16 heavy (non-hydrogen) atoms. The van der Waals surface area contributed by atoms with Gasteiger partial charge in [0.05, 0.1) is 17.6 Å². The zero-order valence-electron chi connectivity index (χ0n) is 8.06. The fraction of sp³-hybridized carbons (Fsp3) is 0.111. The minimum Gasteiger partial charge on any atom is -0.465 e. The number of hydrogen-bond acceptors (Lipinski definition) is 5. The first-order valence-electron chi connectivity index (χ1n) is 3.97. The minimum absolute atomic E-state index is 0.144. The maximum atomic E-state index is 11.3. The highest BCUT2D eigenvalue weighted by Crippen LogP contribution is 2.24. The van der Waals surface area contributed by atoms with Crippen molar-refractivity contribution in [3.05, 3.63) is 36.9 Å². The fourth-order valence-corrected chi connectivity index (χ4v) is 1.74. The van der Waals surface area contributed by atoms with E-state index in [4.69, 9.17) is 5.26 Å². The molecule has 0 bridgehead atoms. The summed E-state index contributed by atoms with van der Waals surface area (Å²) in [6, 6.07) is 4.00. The summed E-state index contributed by atoms with van der Waals surface area (Å²) in [7, 11) is 1.20. The first-order chi connectivity index (χ1) is 7.51. The van der Waals surface area contributed by atoms with Gasteiger partial charge in [-0.1, -0.05) is 0 Å². The van der Waals surface area contributed by atoms with Gasteiger partial charge in [0.1, 0.15) is 11.6 Å². The summed E-state index contributed by atoms with van der Waals surface area (Å²) >= 11 is 1.78. The van der Waals surface area contributed by atoms with Crippen molar-refractivity contribution in [3.63, 3.8) is 0 Å². The van der Waals surface area contributed by atoms with Gasteiger partial charge in [-0.3, -0.25) is 10.1 Å². The molecule has 0 aliphatic carbocycles. The number of methoxy groups -OCH3 is 1. The molecule has 0 fully saturated rings. The van der Waals surface area contributed by atoms with Crippen LogP contribution in [0.25, 0.3) is 0 Å². The topological polar surface area (TPSA) is 93.2 Å². The van der Waals surface area contributed by atoms with Crippen molar-refractivity contribution in [3.8, 4) is 6.07 Å². The van der Waals surface area contributed by atoms with Gasteiger partial charge >= 0.3 is 5.97 Å². The number of benzene rings is 1. The predicted molar refractivity (Wildman–Crippen MR) is 61.9 cm³/mol. The normalized spacial score (nSPS) is 9.31. The van der Waals surface area contributed by atoms with E-state index in [9.17, 15) is 14.9 Å². The third kappa shape index (κ3) is 2.27. The van der Waals surface area contributed by atoms with Crippen molar-refractivity contribution in [2.75, 3.05) is 7.11 Å². The molecule has 6 nitrogen and oxygen atoms in total. The van der Waals surface area contributed by atoms with Crippen molar-refractivity contribution in [2.45, 2.75) is 0 Å². The highest BCUT2D eigenvalue weighted by atomic mass is 127. The molecule has 1 aromatic carbocycles. The molecule has 0 saturated carbocycles. The maximum Gasteiger partial charge on any atom is 0.338 e. The molecule has 0 radical (unpaired) electrons. The molecule has 0 aliphatic heterocycles. The molecule has 0 N–H and O–H groups in total. The number of halogens is 1. The summed E-state index contributed by atoms with van der Waals surface area (Å²) in [5, 5.41) is 19.3. The lowest BCUT2D eigenvalue weighted by atomic mass is 10.1. The van der Waals surface area contributed by atoms with E-state index in [1.807, 2.05) is 0 Å². The van der Waals surface area contributed by atoms with E-state index in [1.165, 1.54) is 13.2 Å². The SMILES string of the molecule is COC(=O)c1cc(C#N)c([N+](=O)[O-])cc1I. The maximum absolute atomic E-state index is 11.3. The van der Waals surface area contributed by atoms with Crippen molar-refractivity contribution >= 4 is 34.2 Å². The van der Waals surface area contributed by atoms with Crippen LogP contribution in [0.4, 0.5) is 5.69 Å². The highest BCUT2D eigenvalue weighted by molar-refractivity contribution is 14.1. The van der Waals surface area contributed by atoms with E-state index in [2.05, 4.69) is 4.74 Å². The fourth-order valence-electron chi connectivity index (χ4n) is 1.07. The first-order valence-corrected chi connectivity index (χ1v) is 5.05. The van der Waals surface area contributed by atoms with Crippen LogP contribution in [0.2, 0.25) is 0 Å². The number of nitro groups is 1. The molecular weight excluding hydrogens is 327 g/mol. The van der Waals surface area contributed by atoms with Gasteiger partial charge < -0.3 is 4.74 Å². The number of rotatable bonds is 2. The number of ether oxygens (including phenoxy) is 1. The smallest absolute Gasteiger partial charge is 0.338 e. The van der Waals surface area contributed by atoms with Crippen LogP contribution in [0.1, 0.15) is 15.9 Å². The molecule has 0 spiro atoms. The number of hydrogen-bond donors (Lipinski definition) is 0. The van der Waals surface area contributed by atoms with Crippen LogP contribution in [0.5, 0.6) is 0 Å². The van der Waals surface area contributed by atoms with E-state index >= 15 is 0 Å². The monoisotopic (exact) mass is 332 g/mol. The molecular formula is C9H5IN2O4. The average Bonchev–Trinajstić information content (AvgIpc) is 2.27. The molecule has 0 saturated heterocycles. The third-order valence-corrected chi connectivity index (χ3v) is 2.70. The highest BCUT2D eigenvalue weighted by Gasteiger charge is 2.20. The van der Waals surface area contributed by atoms with Crippen LogP contribution in [-0.4, -0.2) is 18.0 Å². The van der Waals surface area contributed by atoms with Crippen molar-refractivity contribution in [1.29, 1.82) is 5.26 Å². The minimum atomic E-state index is -0.665. The summed E-state index contributed by atoms with van der Waals surface area (Å²) in [5.41, 5.74) is -0.337. The van der Waals surface area contributed by atoms with Crippen LogP contribution < -0.4 is 0 Å². The van der Waals surface area contributed by atoms with E-state index in [0.29, 0.717) is 3.57 Å². The second-order valence-corrected chi connectivity index (χ2v) is 3.87. The number of esters is 1. The van der Waals surface area contributed by atoms with E-state index < -0.39 is 10.9 Å². The number of carbonyl (C=O) groups is 1. The van der Waals surface area contributed by atoms with Crippen LogP contribution >= 0.6 is 22.6 Å². The van der Waals surface area contributed by atoms with Gasteiger partial charge in [0.25, 0.3) is 5.69 Å². The van der Waals surface area contributed by atoms with Gasteiger partial charge in [0, 0.05) is 9.64 Å². The standard InChI is InChI=1S/C9H5IN2O4/c1-16-9(13)6-2-5(4-11)8(12(14)15)3-7(6)10/h2-3H,1H3. The lowest BCUT2D eigenvalue weighted by Gasteiger charge is -2.03. The molecule has 1 rings (SSSR count). The second kappa shape index (κ2) is 4.89. The average molecular weight is 332 g/mol. The molecule has 1 aromatic rings. The Kier molecular flexibility index (Phi) is 3.78. The second-order valence-electron chi connectivity index (χ2n) is 2.71. The van der Waals surface area contributed by atoms with Crippen molar-refractivity contribution in [2.24, 2.45) is 0 Å². The Bertz CT molecular complexity index is 507. The Labute approximate surface area is 104 Å². The Morgan fingerprint density at radius 1 is 1.62 bits per heavy atom. The van der Waals surface area contributed by atoms with Gasteiger partial charge in [-0.15, -0.1) is 0 Å². The van der Waals surface area contributed by atoms with Gasteiger partial charge in [-0.25, -0.2) is 4.79 Å². The quantitative estimate of drug-likeness (QED) is 0.357. The molecule has 0 aromatic heterocycles. The van der Waals surface area contributed by atoms with Gasteiger partial charge in [0.15, 0.2) is 0 Å². The molecule has 0 aliphatic rings. The van der Waals surface area contributed by atoms with Crippen molar-refractivity contribution < 1.29 is 14.5 Å². The lowest BCUT2D eigenvalue weighted by molar-refractivity contribution is -0.385. The number of carbonyl (C=O) groups excluding carboxylic acids is 1. The van der Waals surface area contributed by atoms with Crippen molar-refractivity contribution in [1.82, 2.24) is 0 Å². The molecule has 82 valence electrons.